The summed E-state index contributed by atoms with van der Waals surface area (Å²) < 4.78 is 40.2. The first-order valence-corrected chi connectivity index (χ1v) is 4.92. The van der Waals surface area contributed by atoms with Crippen LogP contribution in [0.4, 0.5) is 13.2 Å². The third kappa shape index (κ3) is 5.61. The third-order valence-electron chi connectivity index (χ3n) is 1.77. The fourth-order valence-corrected chi connectivity index (χ4v) is 1.05. The lowest BCUT2D eigenvalue weighted by molar-refractivity contribution is -0.153. The van der Waals surface area contributed by atoms with Crippen molar-refractivity contribution in [2.75, 3.05) is 6.61 Å². The highest BCUT2D eigenvalue weighted by atomic mass is 19.4. The Bertz CT molecular complexity index is 496. The number of phenolic OH excluding ortho intramolecular Hbond substituents is 1. The van der Waals surface area contributed by atoms with Crippen LogP contribution < -0.4 is 16.2 Å². The molecule has 0 saturated carbocycles. The smallest absolute Gasteiger partial charge is 0.422 e. The normalized spacial score (nSPS) is 11.5. The van der Waals surface area contributed by atoms with Gasteiger partial charge in [-0.25, -0.2) is 0 Å². The number of rotatable bonds is 4. The van der Waals surface area contributed by atoms with Crippen LogP contribution in [-0.2, 0) is 0 Å². The average molecular weight is 276 g/mol. The second kappa shape index (κ2) is 5.94. The van der Waals surface area contributed by atoms with Crippen molar-refractivity contribution in [2.45, 2.75) is 6.18 Å². The maximum atomic E-state index is 11.9. The molecule has 0 aromatic heterocycles. The number of nitrogens with two attached hydrogens (primary N) is 2. The zero-order chi connectivity index (χ0) is 14.5. The van der Waals surface area contributed by atoms with Crippen LogP contribution in [0.3, 0.4) is 0 Å². The molecule has 0 unspecified atom stereocenters. The fraction of sp³-hybridized carbons (Fsp3) is 0.200. The van der Waals surface area contributed by atoms with Crippen LogP contribution in [0.2, 0.25) is 0 Å². The van der Waals surface area contributed by atoms with E-state index in [1.165, 1.54) is 12.1 Å². The number of aromatic hydroxyl groups is 1. The summed E-state index contributed by atoms with van der Waals surface area (Å²) in [5.74, 6) is -0.691. The average Bonchev–Trinajstić information content (AvgIpc) is 2.27. The first-order valence-electron chi connectivity index (χ1n) is 4.92. The Balaban J connectivity index is 2.75. The highest BCUT2D eigenvalue weighted by Crippen LogP contribution is 2.24. The van der Waals surface area contributed by atoms with Gasteiger partial charge in [0.25, 0.3) is 0 Å². The predicted molar refractivity (Wildman–Crippen MR) is 63.1 cm³/mol. The summed E-state index contributed by atoms with van der Waals surface area (Å²) in [6, 6.07) is 3.59. The molecule has 0 radical (unpaired) electrons. The second-order valence-corrected chi connectivity index (χ2v) is 3.39. The number of hydrogen-bond donors (Lipinski definition) is 3. The van der Waals surface area contributed by atoms with Crippen LogP contribution in [0.25, 0.3) is 0 Å². The van der Waals surface area contributed by atoms with E-state index >= 15 is 0 Å². The van der Waals surface area contributed by atoms with E-state index in [1.807, 2.05) is 0 Å². The molecular formula is C10H11F3N4O2. The van der Waals surface area contributed by atoms with Crippen LogP contribution in [0, 0.1) is 0 Å². The zero-order valence-electron chi connectivity index (χ0n) is 9.55. The van der Waals surface area contributed by atoms with Gasteiger partial charge in [-0.3, -0.25) is 0 Å². The van der Waals surface area contributed by atoms with E-state index < -0.39 is 12.8 Å². The maximum Gasteiger partial charge on any atom is 0.422 e. The van der Waals surface area contributed by atoms with Gasteiger partial charge in [-0.2, -0.15) is 18.3 Å². The van der Waals surface area contributed by atoms with E-state index in [2.05, 4.69) is 14.9 Å². The van der Waals surface area contributed by atoms with E-state index in [1.54, 1.807) is 0 Å². The monoisotopic (exact) mass is 276 g/mol. The Labute approximate surface area is 106 Å². The molecule has 1 aromatic rings. The standard InChI is InChI=1S/C10H11F3N4O2/c11-10(12,13)5-19-7-2-1-6(8(18)3-7)4-16-17-9(14)15/h1-4,18H,5H2,(H4,14,15,17). The van der Waals surface area contributed by atoms with Gasteiger partial charge in [0.15, 0.2) is 6.61 Å². The van der Waals surface area contributed by atoms with Gasteiger partial charge in [-0.15, -0.1) is 5.10 Å². The Kier molecular flexibility index (Phi) is 4.56. The minimum absolute atomic E-state index is 0.117. The number of benzene rings is 1. The van der Waals surface area contributed by atoms with Crippen molar-refractivity contribution in [1.82, 2.24) is 0 Å². The molecule has 1 rings (SSSR count). The summed E-state index contributed by atoms with van der Waals surface area (Å²) in [6.45, 7) is -1.44. The van der Waals surface area contributed by atoms with Crippen molar-refractivity contribution in [3.05, 3.63) is 23.8 Å². The summed E-state index contributed by atoms with van der Waals surface area (Å²) in [6.07, 6.45) is -3.30. The number of guanidine groups is 1. The van der Waals surface area contributed by atoms with Crippen LogP contribution >= 0.6 is 0 Å². The molecule has 0 aliphatic heterocycles. The molecule has 0 saturated heterocycles. The maximum absolute atomic E-state index is 11.9. The largest absolute Gasteiger partial charge is 0.507 e. The quantitative estimate of drug-likeness (QED) is 0.432. The number of hydrogen-bond acceptors (Lipinski definition) is 4. The Morgan fingerprint density at radius 3 is 2.58 bits per heavy atom. The molecule has 1 aromatic carbocycles. The van der Waals surface area contributed by atoms with Gasteiger partial charge < -0.3 is 21.3 Å². The number of ether oxygens (including phenoxy) is 1. The molecule has 0 heterocycles. The van der Waals surface area contributed by atoms with E-state index in [0.717, 1.165) is 12.3 Å². The van der Waals surface area contributed by atoms with E-state index in [9.17, 15) is 18.3 Å². The van der Waals surface area contributed by atoms with Crippen molar-refractivity contribution in [2.24, 2.45) is 21.7 Å². The molecule has 0 spiro atoms. The highest BCUT2D eigenvalue weighted by Gasteiger charge is 2.28. The molecule has 9 heteroatoms. The van der Waals surface area contributed by atoms with Crippen molar-refractivity contribution >= 4 is 12.2 Å². The van der Waals surface area contributed by atoms with Crippen LogP contribution in [0.1, 0.15) is 5.56 Å². The molecule has 0 bridgehead atoms. The Hall–Kier alpha value is -2.45. The summed E-state index contributed by atoms with van der Waals surface area (Å²) in [7, 11) is 0. The number of phenols is 1. The molecular weight excluding hydrogens is 265 g/mol. The first-order chi connectivity index (χ1) is 8.78. The predicted octanol–water partition coefficient (Wildman–Crippen LogP) is 0.941. The van der Waals surface area contributed by atoms with Gasteiger partial charge in [0, 0.05) is 11.6 Å². The third-order valence-corrected chi connectivity index (χ3v) is 1.77. The van der Waals surface area contributed by atoms with Gasteiger partial charge in [0.05, 0.1) is 6.21 Å². The van der Waals surface area contributed by atoms with Gasteiger partial charge >= 0.3 is 6.18 Å². The van der Waals surface area contributed by atoms with Crippen molar-refractivity contribution in [3.8, 4) is 11.5 Å². The summed E-state index contributed by atoms with van der Waals surface area (Å²) in [5.41, 5.74) is 10.3. The Morgan fingerprint density at radius 1 is 1.37 bits per heavy atom. The molecule has 104 valence electrons. The minimum Gasteiger partial charge on any atom is -0.507 e. The van der Waals surface area contributed by atoms with Gasteiger partial charge in [-0.05, 0) is 12.1 Å². The van der Waals surface area contributed by atoms with E-state index in [-0.39, 0.29) is 23.0 Å². The van der Waals surface area contributed by atoms with Crippen molar-refractivity contribution in [1.29, 1.82) is 0 Å². The minimum atomic E-state index is -4.44. The molecule has 0 amide bonds. The summed E-state index contributed by atoms with van der Waals surface area (Å²) in [5, 5.41) is 16.3. The topological polar surface area (TPSA) is 106 Å². The number of alkyl halides is 3. The molecule has 0 atom stereocenters. The zero-order valence-corrected chi connectivity index (χ0v) is 9.55. The van der Waals surface area contributed by atoms with Gasteiger partial charge in [0.1, 0.15) is 11.5 Å². The number of halogens is 3. The van der Waals surface area contributed by atoms with E-state index in [0.29, 0.717) is 0 Å². The van der Waals surface area contributed by atoms with Gasteiger partial charge in [0.2, 0.25) is 5.96 Å². The summed E-state index contributed by atoms with van der Waals surface area (Å²) >= 11 is 0. The SMILES string of the molecule is NC(N)=NN=Cc1ccc(OCC(F)(F)F)cc1O. The molecule has 0 fully saturated rings. The fourth-order valence-electron chi connectivity index (χ4n) is 1.05. The molecule has 0 aliphatic rings. The molecule has 19 heavy (non-hydrogen) atoms. The highest BCUT2D eigenvalue weighted by molar-refractivity contribution is 5.84. The lowest BCUT2D eigenvalue weighted by atomic mass is 10.2. The lowest BCUT2D eigenvalue weighted by Gasteiger charge is -2.09. The second-order valence-electron chi connectivity index (χ2n) is 3.39. The molecule has 6 nitrogen and oxygen atoms in total. The summed E-state index contributed by atoms with van der Waals surface area (Å²) in [4.78, 5) is 0. The van der Waals surface area contributed by atoms with Crippen LogP contribution in [0.15, 0.2) is 28.4 Å². The Morgan fingerprint density at radius 2 is 2.05 bits per heavy atom. The van der Waals surface area contributed by atoms with Crippen LogP contribution in [0.5, 0.6) is 11.5 Å². The van der Waals surface area contributed by atoms with Crippen molar-refractivity contribution in [3.63, 3.8) is 0 Å². The number of nitrogens with zero attached hydrogens (tertiary/aromatic N) is 2. The first kappa shape index (κ1) is 14.6. The molecule has 5 N–H and O–H groups in total. The van der Waals surface area contributed by atoms with Gasteiger partial charge in [-0.1, -0.05) is 0 Å². The van der Waals surface area contributed by atoms with Crippen molar-refractivity contribution < 1.29 is 23.0 Å². The molecule has 0 aliphatic carbocycles. The van der Waals surface area contributed by atoms with E-state index in [4.69, 9.17) is 11.5 Å². The van der Waals surface area contributed by atoms with Crippen LogP contribution in [-0.4, -0.2) is 30.1 Å². The lowest BCUT2D eigenvalue weighted by Crippen LogP contribution is -2.21.